The molecule has 0 heterocycles. The monoisotopic (exact) mass is 113 g/mol. The molecule has 0 spiro atoms. The molecule has 0 rings (SSSR count). The lowest BCUT2D eigenvalue weighted by atomic mass is 10.3. The molecule has 0 amide bonds. The molecule has 0 aromatic heterocycles. The Hall–Kier alpha value is 0.434. The molecule has 33 valence electrons. The maximum absolute atomic E-state index is 3.42. The molecule has 0 nitrogen and oxygen atoms in total. The first-order chi connectivity index (χ1) is 2.77. The van der Waals surface area contributed by atoms with Crippen molar-refractivity contribution in [1.82, 2.24) is 0 Å². The summed E-state index contributed by atoms with van der Waals surface area (Å²) in [5.74, 6) is 0.862. The van der Waals surface area contributed by atoms with Gasteiger partial charge in [-0.3, -0.25) is 0 Å². The Kier molecular flexibility index (Phi) is 3.88. The average molecular weight is 113 g/mol. The van der Waals surface area contributed by atoms with Crippen molar-refractivity contribution in [2.24, 2.45) is 5.92 Å². The van der Waals surface area contributed by atoms with Gasteiger partial charge in [0.15, 0.2) is 0 Å². The Balaban J connectivity index is 2.63. The topological polar surface area (TPSA) is 0 Å². The van der Waals surface area contributed by atoms with E-state index >= 15 is 0 Å². The van der Waals surface area contributed by atoms with Gasteiger partial charge in [0.2, 0.25) is 0 Å². The van der Waals surface area contributed by atoms with Crippen molar-refractivity contribution >= 4 is 18.8 Å². The van der Waals surface area contributed by atoms with Gasteiger partial charge in [-0.1, -0.05) is 25.8 Å². The maximum atomic E-state index is 3.42. The number of hydrogen-bond acceptors (Lipinski definition) is 0. The van der Waals surface area contributed by atoms with Crippen LogP contribution in [0.1, 0.15) is 13.8 Å². The van der Waals surface area contributed by atoms with Crippen molar-refractivity contribution < 1.29 is 0 Å². The van der Waals surface area contributed by atoms with Crippen LogP contribution in [-0.2, 0) is 0 Å². The minimum absolute atomic E-state index is 0.862. The van der Waals surface area contributed by atoms with Gasteiger partial charge in [0, 0.05) is 18.8 Å². The highest BCUT2D eigenvalue weighted by molar-refractivity contribution is 6.89. The number of rotatable bonds is 2. The van der Waals surface area contributed by atoms with Gasteiger partial charge in [0.05, 0.1) is 0 Å². The first-order valence-electron chi connectivity index (χ1n) is 2.17. The molecule has 0 aromatic rings. The normalized spacial score (nSPS) is 10.0. The quantitative estimate of drug-likeness (QED) is 0.466. The van der Waals surface area contributed by atoms with E-state index in [1.807, 2.05) is 0 Å². The van der Waals surface area contributed by atoms with Crippen LogP contribution in [0.4, 0.5) is 0 Å². The van der Waals surface area contributed by atoms with Crippen LogP contribution in [-0.4, -0.2) is 18.8 Å². The molecule has 0 aliphatic heterocycles. The molecule has 0 fully saturated rings. The molecule has 0 aliphatic rings. The molecule has 0 N–H and O–H groups in total. The third kappa shape index (κ3) is 4.43. The second-order valence-electron chi connectivity index (χ2n) is 1.77. The van der Waals surface area contributed by atoms with Gasteiger partial charge in [-0.05, 0) is 0 Å². The van der Waals surface area contributed by atoms with E-state index in [-0.39, 0.29) is 0 Å². The predicted molar refractivity (Wildman–Crippen MR) is 31.2 cm³/mol. The molecule has 0 unspecified atom stereocenters. The molecular formula is C4H9Si2. The summed E-state index contributed by atoms with van der Waals surface area (Å²) in [7, 11) is 4.36. The Labute approximate surface area is 45.4 Å². The van der Waals surface area contributed by atoms with Crippen molar-refractivity contribution in [1.29, 1.82) is 0 Å². The zero-order valence-corrected chi connectivity index (χ0v) is 6.28. The highest BCUT2D eigenvalue weighted by Gasteiger charge is 1.86. The van der Waals surface area contributed by atoms with Crippen molar-refractivity contribution in [3.63, 3.8) is 0 Å². The molecular weight excluding hydrogens is 104 g/mol. The number of hydrogen-bond donors (Lipinski definition) is 0. The summed E-state index contributed by atoms with van der Waals surface area (Å²) in [5, 5.41) is 0. The van der Waals surface area contributed by atoms with E-state index in [2.05, 4.69) is 23.6 Å². The molecule has 0 aliphatic carbocycles. The fourth-order valence-electron chi connectivity index (χ4n) is 0.204. The highest BCUT2D eigenvalue weighted by atomic mass is 29.1. The second kappa shape index (κ2) is 3.62. The Morgan fingerprint density at radius 1 is 1.67 bits per heavy atom. The van der Waals surface area contributed by atoms with Gasteiger partial charge >= 0.3 is 0 Å². The fraction of sp³-hybridized carbons (Fsp3) is 1.00. The fourth-order valence-corrected chi connectivity index (χ4v) is 1.84. The molecule has 0 bridgehead atoms. The van der Waals surface area contributed by atoms with Gasteiger partial charge in [0.25, 0.3) is 0 Å². The highest BCUT2D eigenvalue weighted by Crippen LogP contribution is 1.95. The van der Waals surface area contributed by atoms with E-state index < -0.39 is 0 Å². The lowest BCUT2D eigenvalue weighted by molar-refractivity contribution is 0.734. The van der Waals surface area contributed by atoms with Gasteiger partial charge < -0.3 is 0 Å². The molecule has 2 heteroatoms. The summed E-state index contributed by atoms with van der Waals surface area (Å²) in [6.07, 6.45) is 0. The van der Waals surface area contributed by atoms with E-state index in [0.717, 1.165) is 15.0 Å². The minimum Gasteiger partial charge on any atom is -0.0631 e. The molecule has 6 heavy (non-hydrogen) atoms. The Morgan fingerprint density at radius 3 is 2.17 bits per heavy atom. The minimum atomic E-state index is 0.862. The van der Waals surface area contributed by atoms with Crippen molar-refractivity contribution in [3.05, 3.63) is 0 Å². The summed E-state index contributed by atoms with van der Waals surface area (Å²) in [6.45, 7) is 4.46. The summed E-state index contributed by atoms with van der Waals surface area (Å²) in [4.78, 5) is 0. The van der Waals surface area contributed by atoms with E-state index in [0.29, 0.717) is 0 Å². The second-order valence-corrected chi connectivity index (χ2v) is 3.60. The van der Waals surface area contributed by atoms with E-state index in [1.54, 1.807) is 0 Å². The molecule has 0 atom stereocenters. The zero-order chi connectivity index (χ0) is 4.99. The van der Waals surface area contributed by atoms with Gasteiger partial charge in [-0.25, -0.2) is 0 Å². The Bertz CT molecular complexity index is 26.7. The van der Waals surface area contributed by atoms with Crippen molar-refractivity contribution in [2.45, 2.75) is 19.9 Å². The van der Waals surface area contributed by atoms with Crippen LogP contribution in [0.5, 0.6) is 0 Å². The van der Waals surface area contributed by atoms with Crippen molar-refractivity contribution in [3.8, 4) is 0 Å². The maximum Gasteiger partial charge on any atom is 0.0182 e. The van der Waals surface area contributed by atoms with E-state index in [4.69, 9.17) is 0 Å². The van der Waals surface area contributed by atoms with Crippen LogP contribution < -0.4 is 0 Å². The van der Waals surface area contributed by atoms with E-state index in [1.165, 1.54) is 6.04 Å². The molecule has 0 saturated carbocycles. The van der Waals surface area contributed by atoms with Crippen molar-refractivity contribution in [2.75, 3.05) is 0 Å². The van der Waals surface area contributed by atoms with E-state index in [9.17, 15) is 0 Å². The van der Waals surface area contributed by atoms with Crippen LogP contribution in [0.25, 0.3) is 0 Å². The zero-order valence-electron chi connectivity index (χ0n) is 4.28. The summed E-state index contributed by atoms with van der Waals surface area (Å²) in [5.41, 5.74) is 0. The lowest BCUT2D eigenvalue weighted by Gasteiger charge is -1.95. The smallest absolute Gasteiger partial charge is 0.0182 e. The van der Waals surface area contributed by atoms with Gasteiger partial charge in [0.1, 0.15) is 0 Å². The van der Waals surface area contributed by atoms with Crippen LogP contribution in [0.3, 0.4) is 0 Å². The molecule has 0 aromatic carbocycles. The lowest BCUT2D eigenvalue weighted by Crippen LogP contribution is -1.93. The van der Waals surface area contributed by atoms with Crippen LogP contribution in [0.2, 0.25) is 6.04 Å². The third-order valence-corrected chi connectivity index (χ3v) is 2.14. The summed E-state index contributed by atoms with van der Waals surface area (Å²) < 4.78 is 0. The average Bonchev–Trinajstić information content (AvgIpc) is 1.35. The standard InChI is InChI=1S/C4H9Si2/c1-4(2)3-6-5/h4H,3H2,1-2H3. The predicted octanol–water partition coefficient (Wildman–Crippen LogP) is 0.848. The molecule has 5 radical (unpaired) electrons. The van der Waals surface area contributed by atoms with Crippen LogP contribution >= 0.6 is 0 Å². The Morgan fingerprint density at radius 2 is 2.17 bits per heavy atom. The van der Waals surface area contributed by atoms with Gasteiger partial charge in [-0.15, -0.1) is 0 Å². The van der Waals surface area contributed by atoms with Crippen LogP contribution in [0, 0.1) is 5.92 Å². The SMILES string of the molecule is CC(C)C[Si][Si]. The van der Waals surface area contributed by atoms with Gasteiger partial charge in [-0.2, -0.15) is 0 Å². The molecule has 0 saturated heterocycles. The van der Waals surface area contributed by atoms with Crippen LogP contribution in [0.15, 0.2) is 0 Å². The first-order valence-corrected chi connectivity index (χ1v) is 4.87. The third-order valence-electron chi connectivity index (χ3n) is 0.510. The summed E-state index contributed by atoms with van der Waals surface area (Å²) in [6, 6.07) is 1.32. The summed E-state index contributed by atoms with van der Waals surface area (Å²) >= 11 is 0. The largest absolute Gasteiger partial charge is 0.0631 e. The first kappa shape index (κ1) is 6.43.